The van der Waals surface area contributed by atoms with E-state index in [1.807, 2.05) is 30.3 Å². The Bertz CT molecular complexity index is 1110. The van der Waals surface area contributed by atoms with E-state index < -0.39 is 0 Å². The van der Waals surface area contributed by atoms with E-state index in [0.717, 1.165) is 33.5 Å². The highest BCUT2D eigenvalue weighted by Crippen LogP contribution is 2.29. The molecule has 0 saturated heterocycles. The number of carbonyl (C=O) groups is 1. The predicted octanol–water partition coefficient (Wildman–Crippen LogP) is 3.51. The number of carbonyl (C=O) groups excluding carboxylic acids is 1. The smallest absolute Gasteiger partial charge is 0.253 e. The molecule has 3 heterocycles. The maximum atomic E-state index is 12.3. The fraction of sp³-hybridized carbons (Fsp3) is 0.0952. The fourth-order valence-electron chi connectivity index (χ4n) is 3.54. The predicted molar refractivity (Wildman–Crippen MR) is 101 cm³/mol. The molecule has 5 rings (SSSR count). The topological polar surface area (TPSA) is 59.8 Å². The minimum absolute atomic E-state index is 0.0335. The monoisotopic (exact) mass is 340 g/mol. The summed E-state index contributed by atoms with van der Waals surface area (Å²) in [5, 5.41) is 2.95. The first-order chi connectivity index (χ1) is 12.8. The van der Waals surface area contributed by atoms with Gasteiger partial charge >= 0.3 is 0 Å². The van der Waals surface area contributed by atoms with Crippen LogP contribution in [0.15, 0.2) is 67.0 Å². The van der Waals surface area contributed by atoms with E-state index in [9.17, 15) is 4.79 Å². The maximum absolute atomic E-state index is 12.3. The molecule has 126 valence electrons. The highest BCUT2D eigenvalue weighted by atomic mass is 16.1. The SMILES string of the molecule is O=C1NCCn2c(-c3ccc(-c4ccncc4)cc3)nc3cccc1c32. The Kier molecular flexibility index (Phi) is 3.31. The average Bonchev–Trinajstić information content (AvgIpc) is 2.98. The molecular formula is C21H16N4O. The Morgan fingerprint density at radius 3 is 2.42 bits per heavy atom. The van der Waals surface area contributed by atoms with Crippen LogP contribution in [0.2, 0.25) is 0 Å². The number of aromatic nitrogens is 3. The van der Waals surface area contributed by atoms with Crippen molar-refractivity contribution in [2.75, 3.05) is 6.54 Å². The van der Waals surface area contributed by atoms with Crippen LogP contribution >= 0.6 is 0 Å². The van der Waals surface area contributed by atoms with Crippen molar-refractivity contribution < 1.29 is 4.79 Å². The first kappa shape index (κ1) is 14.8. The van der Waals surface area contributed by atoms with Gasteiger partial charge in [-0.1, -0.05) is 30.3 Å². The van der Waals surface area contributed by atoms with Gasteiger partial charge in [-0.25, -0.2) is 4.98 Å². The van der Waals surface area contributed by atoms with E-state index >= 15 is 0 Å². The third-order valence-electron chi connectivity index (χ3n) is 4.79. The van der Waals surface area contributed by atoms with Gasteiger partial charge in [0.15, 0.2) is 0 Å². The molecule has 26 heavy (non-hydrogen) atoms. The second-order valence-electron chi connectivity index (χ2n) is 6.33. The van der Waals surface area contributed by atoms with Gasteiger partial charge in [0.25, 0.3) is 5.91 Å². The van der Waals surface area contributed by atoms with E-state index in [0.29, 0.717) is 18.7 Å². The summed E-state index contributed by atoms with van der Waals surface area (Å²) in [7, 11) is 0. The Hall–Kier alpha value is -3.47. The number of nitrogens with zero attached hydrogens (tertiary/aromatic N) is 3. The molecule has 0 spiro atoms. The lowest BCUT2D eigenvalue weighted by atomic mass is 10.0. The van der Waals surface area contributed by atoms with Gasteiger partial charge < -0.3 is 9.88 Å². The molecule has 1 N–H and O–H groups in total. The van der Waals surface area contributed by atoms with Crippen LogP contribution in [0.4, 0.5) is 0 Å². The molecule has 5 nitrogen and oxygen atoms in total. The van der Waals surface area contributed by atoms with Crippen LogP contribution in [-0.2, 0) is 6.54 Å². The van der Waals surface area contributed by atoms with E-state index in [4.69, 9.17) is 4.98 Å². The number of imidazole rings is 1. The molecular weight excluding hydrogens is 324 g/mol. The van der Waals surface area contributed by atoms with E-state index in [1.54, 1.807) is 12.4 Å². The fourth-order valence-corrected chi connectivity index (χ4v) is 3.54. The number of hydrogen-bond acceptors (Lipinski definition) is 3. The van der Waals surface area contributed by atoms with Crippen molar-refractivity contribution in [3.05, 3.63) is 72.6 Å². The molecule has 0 aliphatic carbocycles. The van der Waals surface area contributed by atoms with Crippen LogP contribution in [0, 0.1) is 0 Å². The lowest BCUT2D eigenvalue weighted by molar-refractivity contribution is 0.0956. The van der Waals surface area contributed by atoms with Gasteiger partial charge in [0.1, 0.15) is 5.82 Å². The third kappa shape index (κ3) is 2.29. The van der Waals surface area contributed by atoms with Gasteiger partial charge in [0.2, 0.25) is 0 Å². The standard InChI is InChI=1S/C21H16N4O/c26-21-17-2-1-3-18-19(17)25(13-12-23-21)20(24-18)16-6-4-14(5-7-16)15-8-10-22-11-9-15/h1-11H,12-13H2,(H,23,26). The quantitative estimate of drug-likeness (QED) is 0.607. The zero-order valence-corrected chi connectivity index (χ0v) is 14.0. The van der Waals surface area contributed by atoms with Crippen molar-refractivity contribution in [2.45, 2.75) is 6.54 Å². The number of amides is 1. The maximum Gasteiger partial charge on any atom is 0.253 e. The molecule has 1 amide bonds. The Labute approximate surface area is 150 Å². The Morgan fingerprint density at radius 1 is 0.885 bits per heavy atom. The first-order valence-corrected chi connectivity index (χ1v) is 8.59. The lowest BCUT2D eigenvalue weighted by Crippen LogP contribution is -2.24. The number of benzene rings is 2. The summed E-state index contributed by atoms with van der Waals surface area (Å²) in [6.45, 7) is 1.31. The molecule has 2 aromatic heterocycles. The van der Waals surface area contributed by atoms with Crippen LogP contribution in [-0.4, -0.2) is 27.0 Å². The zero-order chi connectivity index (χ0) is 17.5. The van der Waals surface area contributed by atoms with Crippen molar-refractivity contribution in [1.29, 1.82) is 0 Å². The molecule has 0 radical (unpaired) electrons. The lowest BCUT2D eigenvalue weighted by Gasteiger charge is -2.08. The van der Waals surface area contributed by atoms with Crippen LogP contribution in [0.25, 0.3) is 33.5 Å². The van der Waals surface area contributed by atoms with Crippen LogP contribution in [0.5, 0.6) is 0 Å². The third-order valence-corrected chi connectivity index (χ3v) is 4.79. The molecule has 2 aromatic carbocycles. The van der Waals surface area contributed by atoms with Crippen molar-refractivity contribution in [1.82, 2.24) is 19.9 Å². The highest BCUT2D eigenvalue weighted by Gasteiger charge is 2.21. The van der Waals surface area contributed by atoms with Crippen molar-refractivity contribution >= 4 is 16.9 Å². The number of pyridine rings is 1. The van der Waals surface area contributed by atoms with Crippen molar-refractivity contribution in [3.63, 3.8) is 0 Å². The van der Waals surface area contributed by atoms with Gasteiger partial charge in [-0.2, -0.15) is 0 Å². The molecule has 0 bridgehead atoms. The minimum atomic E-state index is -0.0335. The van der Waals surface area contributed by atoms with Gasteiger partial charge in [-0.3, -0.25) is 9.78 Å². The summed E-state index contributed by atoms with van der Waals surface area (Å²) in [4.78, 5) is 21.2. The summed E-state index contributed by atoms with van der Waals surface area (Å²) in [6, 6.07) is 18.1. The summed E-state index contributed by atoms with van der Waals surface area (Å²) >= 11 is 0. The zero-order valence-electron chi connectivity index (χ0n) is 14.0. The number of nitrogens with one attached hydrogen (secondary N) is 1. The van der Waals surface area contributed by atoms with E-state index in [2.05, 4.69) is 39.1 Å². The van der Waals surface area contributed by atoms with Crippen molar-refractivity contribution in [3.8, 4) is 22.5 Å². The Balaban J connectivity index is 1.64. The minimum Gasteiger partial charge on any atom is -0.350 e. The summed E-state index contributed by atoms with van der Waals surface area (Å²) < 4.78 is 2.14. The van der Waals surface area contributed by atoms with Gasteiger partial charge in [-0.05, 0) is 35.4 Å². The van der Waals surface area contributed by atoms with Crippen molar-refractivity contribution in [2.24, 2.45) is 0 Å². The second kappa shape index (κ2) is 5.81. The van der Waals surface area contributed by atoms with Crippen LogP contribution < -0.4 is 5.32 Å². The van der Waals surface area contributed by atoms with E-state index in [1.165, 1.54) is 0 Å². The van der Waals surface area contributed by atoms with E-state index in [-0.39, 0.29) is 5.91 Å². The largest absolute Gasteiger partial charge is 0.350 e. The average molecular weight is 340 g/mol. The molecule has 0 saturated carbocycles. The molecule has 0 atom stereocenters. The number of para-hydroxylation sites is 1. The van der Waals surface area contributed by atoms with Gasteiger partial charge in [0, 0.05) is 31.0 Å². The highest BCUT2D eigenvalue weighted by molar-refractivity contribution is 6.06. The normalized spacial score (nSPS) is 13.5. The van der Waals surface area contributed by atoms with Gasteiger partial charge in [-0.15, -0.1) is 0 Å². The Morgan fingerprint density at radius 2 is 1.62 bits per heavy atom. The molecule has 5 heteroatoms. The van der Waals surface area contributed by atoms with Crippen LogP contribution in [0.3, 0.4) is 0 Å². The number of hydrogen-bond donors (Lipinski definition) is 1. The second-order valence-corrected chi connectivity index (χ2v) is 6.33. The first-order valence-electron chi connectivity index (χ1n) is 8.59. The molecule has 0 unspecified atom stereocenters. The summed E-state index contributed by atoms with van der Waals surface area (Å²) in [6.07, 6.45) is 3.59. The summed E-state index contributed by atoms with van der Waals surface area (Å²) in [5.41, 5.74) is 5.77. The molecule has 4 aromatic rings. The number of rotatable bonds is 2. The molecule has 0 fully saturated rings. The van der Waals surface area contributed by atoms with Gasteiger partial charge in [0.05, 0.1) is 16.6 Å². The summed E-state index contributed by atoms with van der Waals surface area (Å²) in [5.74, 6) is 0.860. The molecule has 1 aliphatic rings. The molecule has 1 aliphatic heterocycles. The van der Waals surface area contributed by atoms with Crippen LogP contribution in [0.1, 0.15) is 10.4 Å².